The topological polar surface area (TPSA) is 62.1 Å². The minimum Gasteiger partial charge on any atom is -0.496 e. The summed E-state index contributed by atoms with van der Waals surface area (Å²) in [6.45, 7) is 3.95. The monoisotopic (exact) mass is 540 g/mol. The molecule has 0 fully saturated rings. The van der Waals surface area contributed by atoms with Gasteiger partial charge in [-0.1, -0.05) is 24.3 Å². The summed E-state index contributed by atoms with van der Waals surface area (Å²) in [6, 6.07) is 17.8. The standard InChI is InChI=1S/C26H22FIN2O2/c1-16-8-9-21(10-17(16)2)30-26(31)20(15-29)11-18-12-24(28)22(25(13-18)32-3)14-19-6-4-5-7-23(19)27/h4-13H,14H2,1-3H3,(H,30,31)/b20-11+. The summed E-state index contributed by atoms with van der Waals surface area (Å²) in [4.78, 5) is 12.7. The third-order valence-corrected chi connectivity index (χ3v) is 6.13. The van der Waals surface area contributed by atoms with Gasteiger partial charge >= 0.3 is 0 Å². The van der Waals surface area contributed by atoms with Crippen molar-refractivity contribution in [2.75, 3.05) is 12.4 Å². The number of methoxy groups -OCH3 is 1. The minimum atomic E-state index is -0.486. The second-order valence-corrected chi connectivity index (χ2v) is 8.54. The van der Waals surface area contributed by atoms with Crippen molar-refractivity contribution in [3.05, 3.63) is 97.4 Å². The van der Waals surface area contributed by atoms with Crippen molar-refractivity contribution in [3.8, 4) is 11.8 Å². The maximum Gasteiger partial charge on any atom is 0.266 e. The van der Waals surface area contributed by atoms with Gasteiger partial charge in [0.05, 0.1) is 7.11 Å². The molecule has 32 heavy (non-hydrogen) atoms. The summed E-state index contributed by atoms with van der Waals surface area (Å²) in [7, 11) is 1.54. The number of aryl methyl sites for hydroxylation is 2. The van der Waals surface area contributed by atoms with Gasteiger partial charge in [-0.3, -0.25) is 4.79 Å². The number of nitrogens with one attached hydrogen (secondary N) is 1. The zero-order valence-electron chi connectivity index (χ0n) is 18.0. The van der Waals surface area contributed by atoms with E-state index in [1.807, 2.05) is 38.1 Å². The number of carbonyl (C=O) groups excluding carboxylic acids is 1. The summed E-state index contributed by atoms with van der Waals surface area (Å²) in [5.41, 5.74) is 4.84. The van der Waals surface area contributed by atoms with Crippen LogP contribution in [0.25, 0.3) is 6.08 Å². The molecule has 0 radical (unpaired) electrons. The van der Waals surface area contributed by atoms with E-state index in [4.69, 9.17) is 4.74 Å². The molecule has 0 heterocycles. The molecule has 0 unspecified atom stereocenters. The van der Waals surface area contributed by atoms with Crippen LogP contribution in [0.3, 0.4) is 0 Å². The van der Waals surface area contributed by atoms with Gasteiger partial charge in [0.2, 0.25) is 0 Å². The number of halogens is 2. The molecule has 6 heteroatoms. The fraction of sp³-hybridized carbons (Fsp3) is 0.154. The first kappa shape index (κ1) is 23.5. The van der Waals surface area contributed by atoms with Crippen LogP contribution < -0.4 is 10.1 Å². The van der Waals surface area contributed by atoms with Gasteiger partial charge in [-0.2, -0.15) is 5.26 Å². The highest BCUT2D eigenvalue weighted by atomic mass is 127. The average Bonchev–Trinajstić information content (AvgIpc) is 2.77. The van der Waals surface area contributed by atoms with E-state index in [0.29, 0.717) is 29.0 Å². The molecule has 0 aliphatic rings. The maximum atomic E-state index is 14.1. The fourth-order valence-electron chi connectivity index (χ4n) is 3.23. The Bertz CT molecular complexity index is 1250. The zero-order valence-corrected chi connectivity index (χ0v) is 20.2. The van der Waals surface area contributed by atoms with Crippen molar-refractivity contribution in [2.45, 2.75) is 20.3 Å². The SMILES string of the molecule is COc1cc(/C=C(\C#N)C(=O)Nc2ccc(C)c(C)c2)cc(I)c1Cc1ccccc1F. The minimum absolute atomic E-state index is 0.0251. The summed E-state index contributed by atoms with van der Waals surface area (Å²) in [5, 5.41) is 12.3. The molecule has 3 aromatic rings. The van der Waals surface area contributed by atoms with E-state index < -0.39 is 5.91 Å². The Labute approximate surface area is 200 Å². The predicted molar refractivity (Wildman–Crippen MR) is 133 cm³/mol. The van der Waals surface area contributed by atoms with Gasteiger partial charge in [-0.25, -0.2) is 4.39 Å². The van der Waals surface area contributed by atoms with Crippen LogP contribution in [0.5, 0.6) is 5.75 Å². The van der Waals surface area contributed by atoms with Crippen molar-refractivity contribution in [1.29, 1.82) is 5.26 Å². The lowest BCUT2D eigenvalue weighted by Crippen LogP contribution is -2.13. The number of amides is 1. The van der Waals surface area contributed by atoms with Crippen LogP contribution in [0.15, 0.2) is 60.2 Å². The molecule has 3 aromatic carbocycles. The lowest BCUT2D eigenvalue weighted by atomic mass is 10.0. The number of ether oxygens (including phenoxy) is 1. The van der Waals surface area contributed by atoms with Crippen molar-refractivity contribution < 1.29 is 13.9 Å². The molecule has 0 atom stereocenters. The molecule has 0 aliphatic carbocycles. The molecule has 3 rings (SSSR count). The molecule has 0 saturated carbocycles. The van der Waals surface area contributed by atoms with Gasteiger partial charge in [-0.05, 0) is 95.1 Å². The Morgan fingerprint density at radius 2 is 1.91 bits per heavy atom. The van der Waals surface area contributed by atoms with E-state index in [-0.39, 0.29) is 11.4 Å². The smallest absolute Gasteiger partial charge is 0.266 e. The van der Waals surface area contributed by atoms with Gasteiger partial charge in [0.25, 0.3) is 5.91 Å². The maximum absolute atomic E-state index is 14.1. The molecule has 4 nitrogen and oxygen atoms in total. The van der Waals surface area contributed by atoms with E-state index in [1.165, 1.54) is 12.1 Å². The highest BCUT2D eigenvalue weighted by molar-refractivity contribution is 14.1. The molecule has 0 aliphatic heterocycles. The number of rotatable bonds is 6. The summed E-state index contributed by atoms with van der Waals surface area (Å²) < 4.78 is 20.5. The second kappa shape index (κ2) is 10.4. The van der Waals surface area contributed by atoms with E-state index in [0.717, 1.165) is 20.3 Å². The van der Waals surface area contributed by atoms with Crippen LogP contribution in [-0.4, -0.2) is 13.0 Å². The Hall–Kier alpha value is -3.18. The lowest BCUT2D eigenvalue weighted by Gasteiger charge is -2.13. The number of nitrogens with zero attached hydrogens (tertiary/aromatic N) is 1. The summed E-state index contributed by atoms with van der Waals surface area (Å²) in [5.74, 6) is -0.192. The molecule has 1 amide bonds. The quantitative estimate of drug-likeness (QED) is 0.230. The number of hydrogen-bond donors (Lipinski definition) is 1. The van der Waals surface area contributed by atoms with Crippen molar-refractivity contribution in [2.24, 2.45) is 0 Å². The van der Waals surface area contributed by atoms with Crippen LogP contribution in [-0.2, 0) is 11.2 Å². The van der Waals surface area contributed by atoms with Gasteiger partial charge in [0, 0.05) is 21.2 Å². The number of benzene rings is 3. The first-order chi connectivity index (χ1) is 15.3. The third kappa shape index (κ3) is 5.54. The third-order valence-electron chi connectivity index (χ3n) is 5.16. The molecule has 0 aromatic heterocycles. The van der Waals surface area contributed by atoms with E-state index in [1.54, 1.807) is 37.4 Å². The largest absolute Gasteiger partial charge is 0.496 e. The van der Waals surface area contributed by atoms with Gasteiger partial charge in [0.15, 0.2) is 0 Å². The van der Waals surface area contributed by atoms with Crippen LogP contribution in [0.2, 0.25) is 0 Å². The predicted octanol–water partition coefficient (Wildman–Crippen LogP) is 6.19. The Morgan fingerprint density at radius 3 is 2.56 bits per heavy atom. The average molecular weight is 540 g/mol. The van der Waals surface area contributed by atoms with E-state index in [2.05, 4.69) is 27.9 Å². The molecular weight excluding hydrogens is 518 g/mol. The van der Waals surface area contributed by atoms with E-state index >= 15 is 0 Å². The number of nitriles is 1. The summed E-state index contributed by atoms with van der Waals surface area (Å²) in [6.07, 6.45) is 1.89. The van der Waals surface area contributed by atoms with Gasteiger partial charge in [0.1, 0.15) is 23.2 Å². The molecule has 1 N–H and O–H groups in total. The van der Waals surface area contributed by atoms with Crippen LogP contribution >= 0.6 is 22.6 Å². The Morgan fingerprint density at radius 1 is 1.16 bits per heavy atom. The van der Waals surface area contributed by atoms with Crippen LogP contribution in [0.1, 0.15) is 27.8 Å². The fourth-order valence-corrected chi connectivity index (χ4v) is 4.05. The number of carbonyl (C=O) groups is 1. The normalized spacial score (nSPS) is 11.1. The Kier molecular flexibility index (Phi) is 7.65. The highest BCUT2D eigenvalue weighted by Crippen LogP contribution is 2.30. The van der Waals surface area contributed by atoms with Gasteiger partial charge in [-0.15, -0.1) is 0 Å². The van der Waals surface area contributed by atoms with Crippen LogP contribution in [0.4, 0.5) is 10.1 Å². The highest BCUT2D eigenvalue weighted by Gasteiger charge is 2.15. The molecule has 0 saturated heterocycles. The number of anilines is 1. The van der Waals surface area contributed by atoms with Crippen molar-refractivity contribution in [3.63, 3.8) is 0 Å². The van der Waals surface area contributed by atoms with Gasteiger partial charge < -0.3 is 10.1 Å². The first-order valence-electron chi connectivity index (χ1n) is 9.92. The van der Waals surface area contributed by atoms with E-state index in [9.17, 15) is 14.4 Å². The molecule has 0 bridgehead atoms. The second-order valence-electron chi connectivity index (χ2n) is 7.37. The molecule has 162 valence electrons. The Balaban J connectivity index is 1.89. The first-order valence-corrected chi connectivity index (χ1v) is 11.0. The molecule has 0 spiro atoms. The lowest BCUT2D eigenvalue weighted by molar-refractivity contribution is -0.112. The zero-order chi connectivity index (χ0) is 23.3. The van der Waals surface area contributed by atoms with Crippen molar-refractivity contribution in [1.82, 2.24) is 0 Å². The molecular formula is C26H22FIN2O2. The number of hydrogen-bond acceptors (Lipinski definition) is 3. The summed E-state index contributed by atoms with van der Waals surface area (Å²) >= 11 is 2.16. The van der Waals surface area contributed by atoms with Crippen molar-refractivity contribution >= 4 is 40.3 Å². The van der Waals surface area contributed by atoms with Crippen LogP contribution in [0, 0.1) is 34.6 Å².